The van der Waals surface area contributed by atoms with Crippen molar-refractivity contribution in [1.82, 2.24) is 4.31 Å². The van der Waals surface area contributed by atoms with E-state index >= 15 is 4.79 Å². The van der Waals surface area contributed by atoms with E-state index < -0.39 is 50.1 Å². The molecule has 6 aliphatic carbocycles. The molecule has 2 aromatic heterocycles. The molecule has 0 amide bonds. The van der Waals surface area contributed by atoms with E-state index in [0.717, 1.165) is 45.5 Å². The average molecular weight is 824 g/mol. The Morgan fingerprint density at radius 2 is 1.66 bits per heavy atom. The number of benzene rings is 2. The highest BCUT2D eigenvalue weighted by Gasteiger charge is 2.74. The van der Waals surface area contributed by atoms with E-state index in [2.05, 4.69) is 36.8 Å². The van der Waals surface area contributed by atoms with E-state index in [1.165, 1.54) is 33.8 Å². The summed E-state index contributed by atoms with van der Waals surface area (Å²) >= 11 is 2.54. The fourth-order valence-corrected chi connectivity index (χ4v) is 15.5. The topological polar surface area (TPSA) is 104 Å². The van der Waals surface area contributed by atoms with Crippen molar-refractivity contribution < 1.29 is 41.3 Å². The van der Waals surface area contributed by atoms with Crippen LogP contribution >= 0.6 is 22.7 Å². The molecule has 0 saturated heterocycles. The second-order valence-corrected chi connectivity index (χ2v) is 21.4. The number of Topliss-reactive ketones (excluding diaryl/α,β-unsaturated/α-hetero) is 1. The van der Waals surface area contributed by atoms with E-state index in [1.807, 2.05) is 30.3 Å². The maximum absolute atomic E-state index is 15.1. The van der Waals surface area contributed by atoms with E-state index in [-0.39, 0.29) is 40.3 Å². The van der Waals surface area contributed by atoms with Gasteiger partial charge in [0.25, 0.3) is 10.0 Å². The van der Waals surface area contributed by atoms with E-state index in [1.54, 1.807) is 11.4 Å². The lowest BCUT2D eigenvalue weighted by Crippen LogP contribution is -2.67. The molecule has 1 unspecified atom stereocenters. The summed E-state index contributed by atoms with van der Waals surface area (Å²) in [5.74, 6) is -0.579. The van der Waals surface area contributed by atoms with Crippen molar-refractivity contribution in [2.45, 2.75) is 87.6 Å². The average Bonchev–Trinajstić information content (AvgIpc) is 3.90. The van der Waals surface area contributed by atoms with Crippen molar-refractivity contribution >= 4 is 48.6 Å². The molecule has 10 rings (SSSR count). The number of rotatable bonds is 9. The smallest absolute Gasteiger partial charge is 0.406 e. The summed E-state index contributed by atoms with van der Waals surface area (Å²) in [6.07, 6.45) is 5.54. The van der Waals surface area contributed by atoms with Crippen LogP contribution in [-0.2, 0) is 16.6 Å². The molecule has 296 valence electrons. The van der Waals surface area contributed by atoms with Crippen LogP contribution in [0.4, 0.5) is 13.2 Å². The van der Waals surface area contributed by atoms with E-state index in [0.29, 0.717) is 49.0 Å². The lowest BCUT2D eigenvalue weighted by molar-refractivity contribution is -0.274. The molecule has 2 spiro atoms. The normalized spacial score (nSPS) is 34.9. The SMILES string of the molecule is C[C@]12CC[C@H]3[C@]4(C=C[C@@]5(C=C4C(=O)c4cc6ccccc6s4)CC(O)CC[C@]35C)[C@@H]1CC[C@@]2(O)CN(Cc1ccc(OC(F)(F)F)cc1)S(=O)(=O)c1cccs1. The third kappa shape index (κ3) is 5.58. The molecule has 13 heteroatoms. The van der Waals surface area contributed by atoms with Crippen LogP contribution in [0.25, 0.3) is 10.1 Å². The number of carbonyl (C=O) groups is 1. The minimum atomic E-state index is -4.87. The van der Waals surface area contributed by atoms with Crippen molar-refractivity contribution in [3.05, 3.63) is 106 Å². The van der Waals surface area contributed by atoms with Crippen molar-refractivity contribution in [2.75, 3.05) is 6.54 Å². The van der Waals surface area contributed by atoms with Crippen molar-refractivity contribution in [2.24, 2.45) is 33.5 Å². The third-order valence-corrected chi connectivity index (χ3v) is 18.9. The van der Waals surface area contributed by atoms with Crippen LogP contribution in [0, 0.1) is 33.5 Å². The molecular formula is C43H44F3NO6S3. The monoisotopic (exact) mass is 823 g/mol. The highest BCUT2D eigenvalue weighted by molar-refractivity contribution is 7.91. The first-order chi connectivity index (χ1) is 26.4. The Balaban J connectivity index is 1.12. The highest BCUT2D eigenvalue weighted by atomic mass is 32.2. The molecule has 2 N–H and O–H groups in total. The maximum atomic E-state index is 15.1. The van der Waals surface area contributed by atoms with Crippen LogP contribution in [0.1, 0.15) is 74.0 Å². The van der Waals surface area contributed by atoms with Gasteiger partial charge in [-0.3, -0.25) is 4.79 Å². The van der Waals surface area contributed by atoms with Crippen LogP contribution < -0.4 is 4.74 Å². The molecule has 4 aromatic rings. The fourth-order valence-electron chi connectivity index (χ4n) is 11.9. The largest absolute Gasteiger partial charge is 0.573 e. The number of fused-ring (bicyclic) bond motifs is 2. The Bertz CT molecular complexity index is 2340. The Hall–Kier alpha value is -3.33. The van der Waals surface area contributed by atoms with Crippen molar-refractivity contribution in [3.63, 3.8) is 0 Å². The number of sulfonamides is 1. The number of nitrogens with zero attached hydrogens (tertiary/aromatic N) is 1. The first-order valence-electron chi connectivity index (χ1n) is 19.2. The summed E-state index contributed by atoms with van der Waals surface area (Å²) in [6.45, 7) is 3.97. The second kappa shape index (κ2) is 12.8. The zero-order valence-corrected chi connectivity index (χ0v) is 33.5. The summed E-state index contributed by atoms with van der Waals surface area (Å²) in [5.41, 5.74) is -2.60. The summed E-state index contributed by atoms with van der Waals surface area (Å²) in [6, 6.07) is 18.2. The molecule has 7 nitrogen and oxygen atoms in total. The van der Waals surface area contributed by atoms with E-state index in [4.69, 9.17) is 0 Å². The molecule has 8 atom stereocenters. The number of thiophene rings is 2. The summed E-state index contributed by atoms with van der Waals surface area (Å²) in [4.78, 5) is 15.7. The molecule has 2 bridgehead atoms. The molecule has 0 aliphatic heterocycles. The van der Waals surface area contributed by atoms with Gasteiger partial charge in [-0.25, -0.2) is 8.42 Å². The molecule has 56 heavy (non-hydrogen) atoms. The number of allylic oxidation sites excluding steroid dienone is 4. The van der Waals surface area contributed by atoms with Gasteiger partial charge in [-0.1, -0.05) is 68.5 Å². The van der Waals surface area contributed by atoms with Crippen LogP contribution in [0.3, 0.4) is 0 Å². The quantitative estimate of drug-likeness (QED) is 0.129. The van der Waals surface area contributed by atoms with Gasteiger partial charge in [0, 0.05) is 39.6 Å². The predicted molar refractivity (Wildman–Crippen MR) is 210 cm³/mol. The lowest BCUT2D eigenvalue weighted by atomic mass is 9.32. The number of aliphatic hydroxyl groups excluding tert-OH is 1. The van der Waals surface area contributed by atoms with Crippen LogP contribution in [0.15, 0.2) is 100 Å². The van der Waals surface area contributed by atoms with Gasteiger partial charge in [-0.15, -0.1) is 35.8 Å². The molecule has 2 heterocycles. The van der Waals surface area contributed by atoms with E-state index in [9.17, 15) is 31.8 Å². The Kier molecular flexibility index (Phi) is 8.76. The van der Waals surface area contributed by atoms with Crippen LogP contribution in [0.5, 0.6) is 5.75 Å². The number of hydrogen-bond acceptors (Lipinski definition) is 8. The van der Waals surface area contributed by atoms with Gasteiger partial charge in [-0.2, -0.15) is 4.31 Å². The molecular weight excluding hydrogens is 780 g/mol. The fraction of sp³-hybridized carbons (Fsp3) is 0.465. The number of aliphatic hydroxyl groups is 2. The summed E-state index contributed by atoms with van der Waals surface area (Å²) in [7, 11) is -4.15. The van der Waals surface area contributed by atoms with Gasteiger partial charge < -0.3 is 14.9 Å². The Morgan fingerprint density at radius 3 is 2.38 bits per heavy atom. The highest BCUT2D eigenvalue weighted by Crippen LogP contribution is 2.78. The number of ketones is 1. The van der Waals surface area contributed by atoms with Crippen molar-refractivity contribution in [3.8, 4) is 5.75 Å². The third-order valence-electron chi connectivity index (χ3n) is 14.6. The molecule has 2 aromatic carbocycles. The lowest BCUT2D eigenvalue weighted by Gasteiger charge is -2.71. The maximum Gasteiger partial charge on any atom is 0.573 e. The predicted octanol–water partition coefficient (Wildman–Crippen LogP) is 9.53. The number of alkyl halides is 3. The summed E-state index contributed by atoms with van der Waals surface area (Å²) in [5, 5.41) is 26.8. The van der Waals surface area contributed by atoms with Gasteiger partial charge in [-0.05, 0) is 109 Å². The number of halogens is 3. The van der Waals surface area contributed by atoms with Crippen LogP contribution in [-0.4, -0.2) is 53.3 Å². The molecule has 3 fully saturated rings. The number of ether oxygens (including phenoxy) is 1. The molecule has 3 saturated carbocycles. The standard InChI is InChI=1S/C43H44F3NO6S3/c1-38-16-13-29(48)23-40(38)19-20-42(31(24-40)37(49)33-22-28-6-3-4-7-32(28)55-33)34(38)14-17-39(2)35(42)15-18-41(39,50)26-47(56(51,52)36-8-5-21-54-36)25-27-9-11-30(12-10-27)53-43(44,45)46/h3-12,19-22,24,29,34-35,48,50H,13-18,23,25-26H2,1-2H3/t29?,34-,35-,38-,39+,40+,41-,42-/m1/s1. The van der Waals surface area contributed by atoms with Gasteiger partial charge in [0.05, 0.1) is 16.6 Å². The van der Waals surface area contributed by atoms with Crippen LogP contribution in [0.2, 0.25) is 0 Å². The molecule has 6 aliphatic rings. The zero-order chi connectivity index (χ0) is 39.5. The van der Waals surface area contributed by atoms with Crippen molar-refractivity contribution in [1.29, 1.82) is 0 Å². The summed E-state index contributed by atoms with van der Waals surface area (Å²) < 4.78 is 73.9. The van der Waals surface area contributed by atoms with Gasteiger partial charge in [0.15, 0.2) is 5.78 Å². The Labute approximate surface area is 332 Å². The zero-order valence-electron chi connectivity index (χ0n) is 31.1. The van der Waals surface area contributed by atoms with Gasteiger partial charge in [0.1, 0.15) is 9.96 Å². The first kappa shape index (κ1) is 38.2. The first-order valence-corrected chi connectivity index (χ1v) is 22.3. The molecule has 0 radical (unpaired) electrons. The number of carbonyl (C=O) groups excluding carboxylic acids is 1. The minimum absolute atomic E-state index is 0.0263. The Morgan fingerprint density at radius 1 is 0.946 bits per heavy atom. The second-order valence-electron chi connectivity index (χ2n) is 17.2. The minimum Gasteiger partial charge on any atom is -0.406 e. The van der Waals surface area contributed by atoms with Gasteiger partial charge in [0.2, 0.25) is 0 Å². The van der Waals surface area contributed by atoms with Gasteiger partial charge >= 0.3 is 6.36 Å². The number of hydrogen-bond donors (Lipinski definition) is 2.